The lowest BCUT2D eigenvalue weighted by Crippen LogP contribution is -2.47. The predicted octanol–water partition coefficient (Wildman–Crippen LogP) is 2.87. The van der Waals surface area contributed by atoms with Gasteiger partial charge in [-0.1, -0.05) is 18.2 Å². The number of para-hydroxylation sites is 1. The number of anilines is 1. The fourth-order valence-electron chi connectivity index (χ4n) is 4.09. The zero-order chi connectivity index (χ0) is 20.9. The van der Waals surface area contributed by atoms with Crippen LogP contribution in [0.3, 0.4) is 0 Å². The minimum atomic E-state index is -0.351. The highest BCUT2D eigenvalue weighted by Gasteiger charge is 2.35. The molecule has 1 fully saturated rings. The van der Waals surface area contributed by atoms with Gasteiger partial charge in [0.15, 0.2) is 0 Å². The van der Waals surface area contributed by atoms with E-state index in [2.05, 4.69) is 33.8 Å². The quantitative estimate of drug-likeness (QED) is 0.630. The number of allylic oxidation sites excluding steroid dienone is 2. The summed E-state index contributed by atoms with van der Waals surface area (Å²) >= 11 is 5.45. The molecule has 1 aliphatic carbocycles. The Morgan fingerprint density at radius 3 is 2.70 bits per heavy atom. The molecule has 1 unspecified atom stereocenters. The molecule has 3 aliphatic rings. The van der Waals surface area contributed by atoms with Gasteiger partial charge in [-0.3, -0.25) is 9.69 Å². The van der Waals surface area contributed by atoms with Crippen molar-refractivity contribution in [3.63, 3.8) is 0 Å². The zero-order valence-electron chi connectivity index (χ0n) is 17.4. The zero-order valence-corrected chi connectivity index (χ0v) is 18.2. The number of hydrogen-bond donors (Lipinski definition) is 0. The monoisotopic (exact) mass is 424 g/mol. The second kappa shape index (κ2) is 9.53. The third-order valence-corrected chi connectivity index (χ3v) is 6.07. The van der Waals surface area contributed by atoms with Crippen LogP contribution in [-0.2, 0) is 9.53 Å². The third-order valence-electron chi connectivity index (χ3n) is 5.76. The lowest BCUT2D eigenvalue weighted by Gasteiger charge is -2.35. The van der Waals surface area contributed by atoms with E-state index in [0.29, 0.717) is 11.7 Å². The Kier molecular flexibility index (Phi) is 6.59. The fraction of sp³-hybridized carbons (Fsp3) is 0.435. The molecular weight excluding hydrogens is 396 g/mol. The van der Waals surface area contributed by atoms with Crippen LogP contribution in [0, 0.1) is 5.92 Å². The highest BCUT2D eigenvalue weighted by Crippen LogP contribution is 2.25. The van der Waals surface area contributed by atoms with Crippen LogP contribution >= 0.6 is 12.2 Å². The van der Waals surface area contributed by atoms with Gasteiger partial charge in [0, 0.05) is 44.1 Å². The molecule has 0 N–H and O–H groups in total. The van der Waals surface area contributed by atoms with Gasteiger partial charge in [-0.15, -0.1) is 0 Å². The molecular formula is C23H28N4O2S. The van der Waals surface area contributed by atoms with E-state index in [0.717, 1.165) is 57.2 Å². The van der Waals surface area contributed by atoms with Crippen molar-refractivity contribution >= 4 is 34.6 Å². The largest absolute Gasteiger partial charge is 0.378 e. The summed E-state index contributed by atoms with van der Waals surface area (Å²) in [5, 5.41) is 0.377. The average molecular weight is 425 g/mol. The van der Waals surface area contributed by atoms with E-state index >= 15 is 0 Å². The number of thiocarbonyl (C=S) groups is 1. The second-order valence-electron chi connectivity index (χ2n) is 7.58. The van der Waals surface area contributed by atoms with E-state index in [1.807, 2.05) is 36.4 Å². The standard InChI is InChI=1S/C23H28N4O2S/c1-2-25(18-7-4-3-5-8-18)11-6-12-27-22(28)20-17-19(26-13-15-29-16-14-26)9-10-21(20)24-23(27)30/h3-5,7-10,17,20H,2,6,11-16H2,1H3. The van der Waals surface area contributed by atoms with E-state index in [1.54, 1.807) is 4.90 Å². The van der Waals surface area contributed by atoms with Crippen molar-refractivity contribution in [1.82, 2.24) is 9.80 Å². The third kappa shape index (κ3) is 4.47. The summed E-state index contributed by atoms with van der Waals surface area (Å²) in [4.78, 5) is 24.0. The summed E-state index contributed by atoms with van der Waals surface area (Å²) in [6.07, 6.45) is 6.84. The Labute approximate surface area is 183 Å². The molecule has 6 nitrogen and oxygen atoms in total. The first kappa shape index (κ1) is 20.8. The van der Waals surface area contributed by atoms with Crippen LogP contribution in [0.1, 0.15) is 13.3 Å². The Balaban J connectivity index is 1.41. The average Bonchev–Trinajstić information content (AvgIpc) is 2.79. The van der Waals surface area contributed by atoms with Gasteiger partial charge in [-0.2, -0.15) is 0 Å². The number of nitrogens with zero attached hydrogens (tertiary/aromatic N) is 4. The number of benzene rings is 1. The van der Waals surface area contributed by atoms with Gasteiger partial charge >= 0.3 is 0 Å². The number of ether oxygens (including phenoxy) is 1. The van der Waals surface area contributed by atoms with E-state index < -0.39 is 0 Å². The van der Waals surface area contributed by atoms with Crippen molar-refractivity contribution in [3.8, 4) is 0 Å². The van der Waals surface area contributed by atoms with E-state index in [9.17, 15) is 4.79 Å². The number of morpholine rings is 1. The van der Waals surface area contributed by atoms with Crippen LogP contribution in [0.2, 0.25) is 0 Å². The summed E-state index contributed by atoms with van der Waals surface area (Å²) in [6.45, 7) is 7.64. The van der Waals surface area contributed by atoms with Crippen molar-refractivity contribution in [1.29, 1.82) is 0 Å². The van der Waals surface area contributed by atoms with Gasteiger partial charge in [0.05, 0.1) is 18.9 Å². The number of hydrogen-bond acceptors (Lipinski definition) is 5. The molecule has 158 valence electrons. The molecule has 4 rings (SSSR count). The smallest absolute Gasteiger partial charge is 0.241 e. The van der Waals surface area contributed by atoms with Crippen molar-refractivity contribution in [2.45, 2.75) is 13.3 Å². The van der Waals surface area contributed by atoms with Gasteiger partial charge in [0.25, 0.3) is 0 Å². The van der Waals surface area contributed by atoms with Gasteiger partial charge in [-0.05, 0) is 55.9 Å². The highest BCUT2D eigenvalue weighted by atomic mass is 32.1. The summed E-state index contributed by atoms with van der Waals surface area (Å²) in [7, 11) is 0. The molecule has 0 saturated carbocycles. The molecule has 7 heteroatoms. The molecule has 2 aliphatic heterocycles. The van der Waals surface area contributed by atoms with Crippen LogP contribution in [0.5, 0.6) is 0 Å². The van der Waals surface area contributed by atoms with Crippen molar-refractivity contribution in [2.24, 2.45) is 10.9 Å². The number of aliphatic imine (C=N–C) groups is 1. The molecule has 0 spiro atoms. The molecule has 1 saturated heterocycles. The Bertz CT molecular complexity index is 874. The minimum absolute atomic E-state index is 0.0304. The number of amides is 1. The van der Waals surface area contributed by atoms with Gasteiger partial charge in [0.1, 0.15) is 5.92 Å². The molecule has 0 bridgehead atoms. The van der Waals surface area contributed by atoms with Crippen molar-refractivity contribution in [2.75, 3.05) is 50.8 Å². The van der Waals surface area contributed by atoms with E-state index in [4.69, 9.17) is 17.0 Å². The maximum atomic E-state index is 13.2. The first-order valence-electron chi connectivity index (χ1n) is 10.6. The molecule has 1 aromatic carbocycles. The fourth-order valence-corrected chi connectivity index (χ4v) is 4.38. The first-order valence-corrected chi connectivity index (χ1v) is 11.0. The topological polar surface area (TPSA) is 48.4 Å². The number of carbonyl (C=O) groups excluding carboxylic acids is 1. The summed E-state index contributed by atoms with van der Waals surface area (Å²) in [6, 6.07) is 10.3. The van der Waals surface area contributed by atoms with Crippen LogP contribution in [0.15, 0.2) is 59.2 Å². The van der Waals surface area contributed by atoms with Crippen LogP contribution < -0.4 is 4.90 Å². The normalized spacial score (nSPS) is 21.3. The maximum absolute atomic E-state index is 13.2. The number of fused-ring (bicyclic) bond motifs is 1. The predicted molar refractivity (Wildman–Crippen MR) is 124 cm³/mol. The lowest BCUT2D eigenvalue weighted by atomic mass is 9.93. The van der Waals surface area contributed by atoms with Gasteiger partial charge < -0.3 is 14.5 Å². The molecule has 1 amide bonds. The highest BCUT2D eigenvalue weighted by molar-refractivity contribution is 7.80. The van der Waals surface area contributed by atoms with Crippen molar-refractivity contribution in [3.05, 3.63) is 54.3 Å². The van der Waals surface area contributed by atoms with Crippen LogP contribution in [0.4, 0.5) is 5.69 Å². The first-order chi connectivity index (χ1) is 14.7. The summed E-state index contributed by atoms with van der Waals surface area (Å²) < 4.78 is 5.44. The lowest BCUT2D eigenvalue weighted by molar-refractivity contribution is -0.128. The minimum Gasteiger partial charge on any atom is -0.378 e. The Hall–Kier alpha value is -2.51. The van der Waals surface area contributed by atoms with Crippen LogP contribution in [0.25, 0.3) is 0 Å². The SMILES string of the molecule is CCN(CCCN1C(=O)C2C=C(N3CCOCC3)C=CC2=NC1=S)c1ccccc1. The summed E-state index contributed by atoms with van der Waals surface area (Å²) in [5.41, 5.74) is 3.02. The second-order valence-corrected chi connectivity index (χ2v) is 7.94. The molecule has 30 heavy (non-hydrogen) atoms. The van der Waals surface area contributed by atoms with E-state index in [1.165, 1.54) is 5.69 Å². The molecule has 1 atom stereocenters. The molecule has 2 heterocycles. The van der Waals surface area contributed by atoms with Crippen molar-refractivity contribution < 1.29 is 9.53 Å². The number of rotatable bonds is 7. The summed E-state index contributed by atoms with van der Waals surface area (Å²) in [5.74, 6) is -0.321. The number of carbonyl (C=O) groups is 1. The molecule has 0 aromatic heterocycles. The van der Waals surface area contributed by atoms with Crippen LogP contribution in [-0.4, -0.2) is 72.5 Å². The maximum Gasteiger partial charge on any atom is 0.241 e. The Morgan fingerprint density at radius 1 is 1.20 bits per heavy atom. The molecule has 0 radical (unpaired) electrons. The molecule has 1 aromatic rings. The Morgan fingerprint density at radius 2 is 1.97 bits per heavy atom. The van der Waals surface area contributed by atoms with E-state index in [-0.39, 0.29) is 11.8 Å². The van der Waals surface area contributed by atoms with Gasteiger partial charge in [-0.25, -0.2) is 4.99 Å². The van der Waals surface area contributed by atoms with Gasteiger partial charge in [0.2, 0.25) is 11.0 Å².